The summed E-state index contributed by atoms with van der Waals surface area (Å²) in [7, 11) is 0. The zero-order valence-electron chi connectivity index (χ0n) is 14.0. The van der Waals surface area contributed by atoms with Gasteiger partial charge in [-0.1, -0.05) is 13.8 Å². The molecule has 1 saturated heterocycles. The predicted octanol–water partition coefficient (Wildman–Crippen LogP) is 2.96. The van der Waals surface area contributed by atoms with E-state index in [1.165, 1.54) is 11.3 Å². The Balaban J connectivity index is 1.59. The van der Waals surface area contributed by atoms with Crippen LogP contribution >= 0.6 is 22.7 Å². The second-order valence-electron chi connectivity index (χ2n) is 6.22. The third-order valence-electron chi connectivity index (χ3n) is 4.26. The number of hydrogen-bond donors (Lipinski definition) is 1. The molecule has 130 valence electrons. The molecule has 1 atom stereocenters. The first-order chi connectivity index (χ1) is 11.6. The molecule has 0 aromatic carbocycles. The molecule has 1 fully saturated rings. The maximum atomic E-state index is 12.4. The number of hydrogen-bond acceptors (Lipinski definition) is 6. The third kappa shape index (κ3) is 4.22. The number of thiophene rings is 1. The summed E-state index contributed by atoms with van der Waals surface area (Å²) in [5.74, 6) is 0.381. The lowest BCUT2D eigenvalue weighted by Gasteiger charge is -2.36. The number of rotatable bonds is 6. The van der Waals surface area contributed by atoms with Crippen LogP contribution in [0.4, 0.5) is 0 Å². The van der Waals surface area contributed by atoms with Gasteiger partial charge in [0, 0.05) is 42.0 Å². The number of carbonyl (C=O) groups excluding carboxylic acids is 1. The number of morpholine rings is 1. The maximum absolute atomic E-state index is 12.4. The van der Waals surface area contributed by atoms with Gasteiger partial charge in [0.2, 0.25) is 0 Å². The zero-order valence-corrected chi connectivity index (χ0v) is 15.7. The van der Waals surface area contributed by atoms with Crippen molar-refractivity contribution in [3.8, 4) is 10.6 Å². The Kier molecular flexibility index (Phi) is 5.99. The molecule has 7 heteroatoms. The molecule has 0 saturated carbocycles. The van der Waals surface area contributed by atoms with E-state index in [9.17, 15) is 4.79 Å². The van der Waals surface area contributed by atoms with Crippen molar-refractivity contribution in [1.82, 2.24) is 15.2 Å². The van der Waals surface area contributed by atoms with Crippen molar-refractivity contribution in [3.63, 3.8) is 0 Å². The molecule has 0 bridgehead atoms. The Hall–Kier alpha value is -1.28. The van der Waals surface area contributed by atoms with Crippen LogP contribution in [0.3, 0.4) is 0 Å². The molecule has 1 aliphatic heterocycles. The van der Waals surface area contributed by atoms with Crippen molar-refractivity contribution in [3.05, 3.63) is 27.9 Å². The van der Waals surface area contributed by atoms with E-state index in [0.717, 1.165) is 36.9 Å². The number of ether oxygens (including phenoxy) is 1. The predicted molar refractivity (Wildman–Crippen MR) is 98.8 cm³/mol. The third-order valence-corrected chi connectivity index (χ3v) is 5.84. The fraction of sp³-hybridized carbons (Fsp3) is 0.529. The molecular weight excluding hydrogens is 342 g/mol. The smallest absolute Gasteiger partial charge is 0.270 e. The van der Waals surface area contributed by atoms with Crippen molar-refractivity contribution in [2.45, 2.75) is 19.9 Å². The number of nitrogens with one attached hydrogen (secondary N) is 1. The van der Waals surface area contributed by atoms with Crippen LogP contribution in [0.5, 0.6) is 0 Å². The van der Waals surface area contributed by atoms with Gasteiger partial charge in [0.05, 0.1) is 13.2 Å². The van der Waals surface area contributed by atoms with E-state index < -0.39 is 0 Å². The summed E-state index contributed by atoms with van der Waals surface area (Å²) < 4.78 is 5.43. The average molecular weight is 366 g/mol. The topological polar surface area (TPSA) is 54.5 Å². The van der Waals surface area contributed by atoms with Crippen LogP contribution in [0, 0.1) is 5.92 Å². The fourth-order valence-electron chi connectivity index (χ4n) is 2.88. The van der Waals surface area contributed by atoms with E-state index in [0.29, 0.717) is 24.2 Å². The minimum atomic E-state index is -0.0911. The van der Waals surface area contributed by atoms with Crippen LogP contribution in [-0.2, 0) is 4.74 Å². The monoisotopic (exact) mass is 365 g/mol. The molecule has 1 N–H and O–H groups in total. The van der Waals surface area contributed by atoms with Crippen LogP contribution in [-0.4, -0.2) is 54.7 Å². The summed E-state index contributed by atoms with van der Waals surface area (Å²) in [6, 6.07) is 2.35. The average Bonchev–Trinajstić information content (AvgIpc) is 3.27. The standard InChI is InChI=1S/C17H23N3O2S2/c1-12(2)15(20-4-6-22-7-5-20)9-18-16(21)14-11-24-17(19-14)13-3-8-23-10-13/h3,8,10-12,15H,4-7,9H2,1-2H3,(H,18,21). The van der Waals surface area contributed by atoms with Crippen LogP contribution in [0.1, 0.15) is 24.3 Å². The molecule has 1 unspecified atom stereocenters. The van der Waals surface area contributed by atoms with Crippen molar-refractivity contribution < 1.29 is 9.53 Å². The minimum Gasteiger partial charge on any atom is -0.379 e. The van der Waals surface area contributed by atoms with Crippen LogP contribution in [0.2, 0.25) is 0 Å². The Bertz CT molecular complexity index is 649. The summed E-state index contributed by atoms with van der Waals surface area (Å²) in [6.07, 6.45) is 0. The Morgan fingerprint density at radius 1 is 1.38 bits per heavy atom. The molecule has 1 amide bonds. The molecule has 2 aromatic heterocycles. The highest BCUT2D eigenvalue weighted by Gasteiger charge is 2.24. The normalized spacial score (nSPS) is 17.1. The molecule has 1 aliphatic rings. The fourth-order valence-corrected chi connectivity index (χ4v) is 4.39. The van der Waals surface area contributed by atoms with Gasteiger partial charge in [-0.05, 0) is 17.4 Å². The molecule has 24 heavy (non-hydrogen) atoms. The van der Waals surface area contributed by atoms with Gasteiger partial charge in [-0.15, -0.1) is 11.3 Å². The first-order valence-electron chi connectivity index (χ1n) is 8.23. The van der Waals surface area contributed by atoms with E-state index in [1.54, 1.807) is 11.3 Å². The van der Waals surface area contributed by atoms with E-state index >= 15 is 0 Å². The molecule has 3 heterocycles. The van der Waals surface area contributed by atoms with Crippen molar-refractivity contribution in [2.24, 2.45) is 5.92 Å². The van der Waals surface area contributed by atoms with Gasteiger partial charge in [-0.2, -0.15) is 11.3 Å². The van der Waals surface area contributed by atoms with E-state index in [1.807, 2.05) is 22.2 Å². The minimum absolute atomic E-state index is 0.0911. The van der Waals surface area contributed by atoms with E-state index in [2.05, 4.69) is 29.0 Å². The lowest BCUT2D eigenvalue weighted by atomic mass is 10.0. The Morgan fingerprint density at radius 2 is 2.17 bits per heavy atom. The number of aromatic nitrogens is 1. The van der Waals surface area contributed by atoms with Gasteiger partial charge in [-0.3, -0.25) is 9.69 Å². The first-order valence-corrected chi connectivity index (χ1v) is 10.1. The quantitative estimate of drug-likeness (QED) is 0.855. The van der Waals surface area contributed by atoms with Gasteiger partial charge >= 0.3 is 0 Å². The zero-order chi connectivity index (χ0) is 16.9. The number of nitrogens with zero attached hydrogens (tertiary/aromatic N) is 2. The van der Waals surface area contributed by atoms with Crippen LogP contribution in [0.25, 0.3) is 10.6 Å². The first kappa shape index (κ1) is 17.5. The molecule has 0 radical (unpaired) electrons. The second-order valence-corrected chi connectivity index (χ2v) is 7.86. The lowest BCUT2D eigenvalue weighted by molar-refractivity contribution is 0.00671. The summed E-state index contributed by atoms with van der Waals surface area (Å²) in [5.41, 5.74) is 1.59. The van der Waals surface area contributed by atoms with Gasteiger partial charge in [0.25, 0.3) is 5.91 Å². The van der Waals surface area contributed by atoms with Gasteiger partial charge < -0.3 is 10.1 Å². The maximum Gasteiger partial charge on any atom is 0.270 e. The molecule has 5 nitrogen and oxygen atoms in total. The number of thiazole rings is 1. The van der Waals surface area contributed by atoms with Crippen molar-refractivity contribution in [2.75, 3.05) is 32.8 Å². The highest BCUT2D eigenvalue weighted by Crippen LogP contribution is 2.25. The lowest BCUT2D eigenvalue weighted by Crippen LogP contribution is -2.51. The van der Waals surface area contributed by atoms with Gasteiger partial charge in [-0.25, -0.2) is 4.98 Å². The van der Waals surface area contributed by atoms with Gasteiger partial charge in [0.1, 0.15) is 10.7 Å². The molecule has 0 aliphatic carbocycles. The summed E-state index contributed by atoms with van der Waals surface area (Å²) >= 11 is 3.15. The number of carbonyl (C=O) groups is 1. The van der Waals surface area contributed by atoms with Crippen molar-refractivity contribution in [1.29, 1.82) is 0 Å². The molecular formula is C17H23N3O2S2. The van der Waals surface area contributed by atoms with E-state index in [4.69, 9.17) is 4.74 Å². The molecule has 3 rings (SSSR count). The highest BCUT2D eigenvalue weighted by atomic mass is 32.1. The van der Waals surface area contributed by atoms with Crippen LogP contribution < -0.4 is 5.32 Å². The number of amides is 1. The van der Waals surface area contributed by atoms with E-state index in [-0.39, 0.29) is 5.91 Å². The largest absolute Gasteiger partial charge is 0.379 e. The highest BCUT2D eigenvalue weighted by molar-refractivity contribution is 7.14. The molecule has 2 aromatic rings. The summed E-state index contributed by atoms with van der Waals surface area (Å²) in [6.45, 7) is 8.44. The SMILES string of the molecule is CC(C)C(CNC(=O)c1csc(-c2ccsc2)n1)N1CCOCC1. The summed E-state index contributed by atoms with van der Waals surface area (Å²) in [4.78, 5) is 19.3. The van der Waals surface area contributed by atoms with Crippen molar-refractivity contribution >= 4 is 28.6 Å². The Morgan fingerprint density at radius 3 is 2.83 bits per heavy atom. The second kappa shape index (κ2) is 8.20. The van der Waals surface area contributed by atoms with Crippen LogP contribution in [0.15, 0.2) is 22.2 Å². The van der Waals surface area contributed by atoms with Gasteiger partial charge in [0.15, 0.2) is 0 Å². The Labute approximate surface area is 150 Å². The summed E-state index contributed by atoms with van der Waals surface area (Å²) in [5, 5.41) is 9.86. The molecule has 0 spiro atoms.